The van der Waals surface area contributed by atoms with Crippen LogP contribution in [0.3, 0.4) is 0 Å². The van der Waals surface area contributed by atoms with Gasteiger partial charge in [0.15, 0.2) is 11.5 Å². The largest absolute Gasteiger partial charge is 0.454 e. The number of nitrogens with zero attached hydrogens (tertiary/aromatic N) is 1. The smallest absolute Gasteiger partial charge is 0.245 e. The van der Waals surface area contributed by atoms with Gasteiger partial charge in [0, 0.05) is 12.6 Å². The lowest BCUT2D eigenvalue weighted by atomic mass is 10.1. The van der Waals surface area contributed by atoms with Gasteiger partial charge >= 0.3 is 0 Å². The van der Waals surface area contributed by atoms with Crippen LogP contribution < -0.4 is 9.47 Å². The maximum atomic E-state index is 13.4. The van der Waals surface area contributed by atoms with Crippen LogP contribution in [0.5, 0.6) is 11.5 Å². The van der Waals surface area contributed by atoms with Gasteiger partial charge in [-0.15, -0.1) is 0 Å². The monoisotopic (exact) mass is 393 g/mol. The molecule has 1 saturated carbocycles. The van der Waals surface area contributed by atoms with Crippen molar-refractivity contribution in [3.05, 3.63) is 53.1 Å². The second-order valence-corrected chi connectivity index (χ2v) is 8.87. The molecule has 1 fully saturated rings. The highest BCUT2D eigenvalue weighted by atomic mass is 35.5. The minimum absolute atomic E-state index is 0.0123. The van der Waals surface area contributed by atoms with Gasteiger partial charge in [0.05, 0.1) is 5.02 Å². The third kappa shape index (κ3) is 3.29. The van der Waals surface area contributed by atoms with E-state index in [0.717, 1.165) is 31.2 Å². The Balaban J connectivity index is 1.70. The quantitative estimate of drug-likeness (QED) is 0.763. The fourth-order valence-corrected chi connectivity index (χ4v) is 5.77. The molecular weight excluding hydrogens is 374 g/mol. The number of fused-ring (bicyclic) bond motifs is 1. The molecule has 2 aliphatic rings. The van der Waals surface area contributed by atoms with Crippen LogP contribution in [0, 0.1) is 0 Å². The Bertz CT molecular complexity index is 910. The average molecular weight is 394 g/mol. The van der Waals surface area contributed by atoms with Gasteiger partial charge in [0.2, 0.25) is 16.8 Å². The number of hydrogen-bond donors (Lipinski definition) is 0. The first kappa shape index (κ1) is 17.6. The summed E-state index contributed by atoms with van der Waals surface area (Å²) in [6, 6.07) is 12.2. The van der Waals surface area contributed by atoms with Gasteiger partial charge in [-0.2, -0.15) is 4.31 Å². The molecule has 2 aromatic rings. The molecule has 1 aliphatic heterocycles. The molecule has 1 heterocycles. The number of sulfonamides is 1. The number of benzene rings is 2. The van der Waals surface area contributed by atoms with Crippen LogP contribution in [0.25, 0.3) is 0 Å². The number of hydrogen-bond acceptors (Lipinski definition) is 4. The summed E-state index contributed by atoms with van der Waals surface area (Å²) < 4.78 is 39.1. The Kier molecular flexibility index (Phi) is 4.82. The molecule has 0 unspecified atom stereocenters. The average Bonchev–Trinajstić information content (AvgIpc) is 3.31. The molecule has 5 nitrogen and oxygen atoms in total. The van der Waals surface area contributed by atoms with Gasteiger partial charge in [-0.1, -0.05) is 42.6 Å². The fourth-order valence-electron chi connectivity index (χ4n) is 3.60. The van der Waals surface area contributed by atoms with Crippen molar-refractivity contribution in [1.29, 1.82) is 0 Å². The zero-order chi connectivity index (χ0) is 18.1. The molecule has 0 bridgehead atoms. The first-order valence-corrected chi connectivity index (χ1v) is 10.5. The van der Waals surface area contributed by atoms with Crippen LogP contribution in [0.4, 0.5) is 0 Å². The first-order chi connectivity index (χ1) is 12.6. The van der Waals surface area contributed by atoms with Crippen molar-refractivity contribution in [3.63, 3.8) is 0 Å². The van der Waals surface area contributed by atoms with E-state index < -0.39 is 10.0 Å². The second-order valence-electron chi connectivity index (χ2n) is 6.61. The van der Waals surface area contributed by atoms with E-state index in [1.165, 1.54) is 0 Å². The van der Waals surface area contributed by atoms with Crippen LogP contribution in [0.15, 0.2) is 47.4 Å². The summed E-state index contributed by atoms with van der Waals surface area (Å²) in [6.45, 7) is 0.484. The first-order valence-electron chi connectivity index (χ1n) is 8.70. The summed E-state index contributed by atoms with van der Waals surface area (Å²) in [7, 11) is -3.70. The Morgan fingerprint density at radius 1 is 1.04 bits per heavy atom. The van der Waals surface area contributed by atoms with Gasteiger partial charge in [-0.3, -0.25) is 0 Å². The molecule has 0 atom stereocenters. The maximum Gasteiger partial charge on any atom is 0.245 e. The van der Waals surface area contributed by atoms with Gasteiger partial charge in [-0.25, -0.2) is 8.42 Å². The van der Waals surface area contributed by atoms with E-state index in [4.69, 9.17) is 21.1 Å². The van der Waals surface area contributed by atoms with E-state index in [-0.39, 0.29) is 29.3 Å². The standard InChI is InChI=1S/C19H20ClNO4S/c20-16-7-3-4-8-19(16)26(22,23)21(15-5-1-2-6-15)12-14-9-10-17-18(11-14)25-13-24-17/h3-4,7-11,15H,1-2,5-6,12-13H2. The van der Waals surface area contributed by atoms with E-state index >= 15 is 0 Å². The Morgan fingerprint density at radius 3 is 2.54 bits per heavy atom. The summed E-state index contributed by atoms with van der Waals surface area (Å²) in [5.41, 5.74) is 0.872. The van der Waals surface area contributed by atoms with Gasteiger partial charge in [0.1, 0.15) is 4.90 Å². The third-order valence-electron chi connectivity index (χ3n) is 4.93. The molecule has 0 radical (unpaired) electrons. The van der Waals surface area contributed by atoms with Crippen LogP contribution in [-0.4, -0.2) is 25.6 Å². The van der Waals surface area contributed by atoms with Crippen molar-refractivity contribution in [3.8, 4) is 11.5 Å². The van der Waals surface area contributed by atoms with Crippen molar-refractivity contribution >= 4 is 21.6 Å². The second kappa shape index (κ2) is 7.10. The van der Waals surface area contributed by atoms with Crippen LogP contribution in [0.2, 0.25) is 5.02 Å². The molecule has 0 saturated heterocycles. The molecule has 0 N–H and O–H groups in total. The minimum atomic E-state index is -3.70. The zero-order valence-corrected chi connectivity index (χ0v) is 15.8. The van der Waals surface area contributed by atoms with Crippen molar-refractivity contribution in [2.75, 3.05) is 6.79 Å². The topological polar surface area (TPSA) is 55.8 Å². The number of rotatable bonds is 5. The van der Waals surface area contributed by atoms with E-state index in [1.807, 2.05) is 18.2 Å². The van der Waals surface area contributed by atoms with Gasteiger partial charge in [0.25, 0.3) is 0 Å². The molecule has 7 heteroatoms. The van der Waals surface area contributed by atoms with Crippen molar-refractivity contribution in [2.24, 2.45) is 0 Å². The van der Waals surface area contributed by atoms with E-state index in [9.17, 15) is 8.42 Å². The Labute approximate surface area is 158 Å². The molecular formula is C19H20ClNO4S. The fraction of sp³-hybridized carbons (Fsp3) is 0.368. The van der Waals surface area contributed by atoms with Crippen molar-refractivity contribution in [2.45, 2.75) is 43.2 Å². The predicted molar refractivity (Wildman–Crippen MR) is 99.0 cm³/mol. The van der Waals surface area contributed by atoms with E-state index in [2.05, 4.69) is 0 Å². The van der Waals surface area contributed by atoms with E-state index in [1.54, 1.807) is 28.6 Å². The summed E-state index contributed by atoms with van der Waals surface area (Å²) in [6.07, 6.45) is 3.82. The summed E-state index contributed by atoms with van der Waals surface area (Å²) in [5.74, 6) is 1.35. The van der Waals surface area contributed by atoms with Gasteiger partial charge in [-0.05, 0) is 42.7 Å². The Hall–Kier alpha value is -1.76. The minimum Gasteiger partial charge on any atom is -0.454 e. The molecule has 0 amide bonds. The normalized spacial score (nSPS) is 17.2. The van der Waals surface area contributed by atoms with Crippen LogP contribution in [0.1, 0.15) is 31.2 Å². The maximum absolute atomic E-state index is 13.4. The Morgan fingerprint density at radius 2 is 1.77 bits per heavy atom. The van der Waals surface area contributed by atoms with E-state index in [0.29, 0.717) is 11.5 Å². The lowest BCUT2D eigenvalue weighted by molar-refractivity contribution is 0.174. The van der Waals surface area contributed by atoms with Crippen LogP contribution in [-0.2, 0) is 16.6 Å². The summed E-state index contributed by atoms with van der Waals surface area (Å²) in [4.78, 5) is 0.161. The van der Waals surface area contributed by atoms with Crippen molar-refractivity contribution in [1.82, 2.24) is 4.31 Å². The summed E-state index contributed by atoms with van der Waals surface area (Å²) >= 11 is 6.20. The number of halogens is 1. The van der Waals surface area contributed by atoms with Gasteiger partial charge < -0.3 is 9.47 Å². The molecule has 138 valence electrons. The lowest BCUT2D eigenvalue weighted by Gasteiger charge is -2.28. The molecule has 0 spiro atoms. The zero-order valence-electron chi connectivity index (χ0n) is 14.2. The molecule has 1 aliphatic carbocycles. The molecule has 4 rings (SSSR count). The predicted octanol–water partition coefficient (Wildman–Crippen LogP) is 4.20. The van der Waals surface area contributed by atoms with Crippen molar-refractivity contribution < 1.29 is 17.9 Å². The summed E-state index contributed by atoms with van der Waals surface area (Å²) in [5, 5.41) is 0.251. The lowest BCUT2D eigenvalue weighted by Crippen LogP contribution is -2.38. The molecule has 0 aromatic heterocycles. The third-order valence-corrected chi connectivity index (χ3v) is 7.33. The highest BCUT2D eigenvalue weighted by Crippen LogP contribution is 2.36. The molecule has 26 heavy (non-hydrogen) atoms. The molecule has 2 aromatic carbocycles. The number of ether oxygens (including phenoxy) is 2. The van der Waals surface area contributed by atoms with Crippen LogP contribution >= 0.6 is 11.6 Å². The highest BCUT2D eigenvalue weighted by molar-refractivity contribution is 7.89. The highest BCUT2D eigenvalue weighted by Gasteiger charge is 2.34. The SMILES string of the molecule is O=S(=O)(c1ccccc1Cl)N(Cc1ccc2c(c1)OCO2)C1CCCC1.